The molecule has 130 valence electrons. The molecule has 0 aliphatic rings. The van der Waals surface area contributed by atoms with Crippen molar-refractivity contribution in [3.63, 3.8) is 0 Å². The third kappa shape index (κ3) is 4.01. The van der Waals surface area contributed by atoms with E-state index in [1.807, 2.05) is 17.5 Å². The Morgan fingerprint density at radius 1 is 1.12 bits per heavy atom. The fourth-order valence-electron chi connectivity index (χ4n) is 2.19. The van der Waals surface area contributed by atoms with Crippen LogP contribution in [0.1, 0.15) is 0 Å². The van der Waals surface area contributed by atoms with Crippen molar-refractivity contribution in [1.29, 1.82) is 0 Å². The minimum atomic E-state index is -3.99. The molecule has 0 saturated carbocycles. The van der Waals surface area contributed by atoms with Crippen LogP contribution in [0.4, 0.5) is 4.39 Å². The first-order valence-electron chi connectivity index (χ1n) is 7.33. The molecule has 0 bridgehead atoms. The highest BCUT2D eigenvalue weighted by Gasteiger charge is 2.17. The summed E-state index contributed by atoms with van der Waals surface area (Å²) in [5.41, 5.74) is 0.289. The van der Waals surface area contributed by atoms with Crippen molar-refractivity contribution in [2.75, 3.05) is 6.54 Å². The van der Waals surface area contributed by atoms with E-state index in [0.717, 1.165) is 10.9 Å². The number of hydrogen-bond acceptors (Lipinski definition) is 5. The standard InChI is InChI=1S/C16H14FN3O3S2/c17-12-4-1-2-6-15(12)25(22,23)18-9-10-20-16(21)8-7-13(19-20)14-5-3-11-24-14/h1-8,11,18H,9-10H2. The van der Waals surface area contributed by atoms with Crippen LogP contribution >= 0.6 is 11.3 Å². The quantitative estimate of drug-likeness (QED) is 0.711. The second kappa shape index (κ2) is 7.26. The van der Waals surface area contributed by atoms with Crippen LogP contribution in [-0.2, 0) is 16.6 Å². The van der Waals surface area contributed by atoms with E-state index in [1.54, 1.807) is 6.07 Å². The van der Waals surface area contributed by atoms with Crippen LogP contribution in [0.2, 0.25) is 0 Å². The lowest BCUT2D eigenvalue weighted by atomic mass is 10.3. The highest BCUT2D eigenvalue weighted by atomic mass is 32.2. The minimum Gasteiger partial charge on any atom is -0.268 e. The first-order valence-corrected chi connectivity index (χ1v) is 9.70. The van der Waals surface area contributed by atoms with Crippen molar-refractivity contribution in [1.82, 2.24) is 14.5 Å². The second-order valence-electron chi connectivity index (χ2n) is 5.09. The van der Waals surface area contributed by atoms with E-state index in [1.165, 1.54) is 40.3 Å². The van der Waals surface area contributed by atoms with Crippen molar-refractivity contribution in [3.05, 3.63) is 70.1 Å². The minimum absolute atomic E-state index is 0.0335. The average molecular weight is 379 g/mol. The van der Waals surface area contributed by atoms with Gasteiger partial charge in [0.15, 0.2) is 0 Å². The molecule has 2 aromatic heterocycles. The first kappa shape index (κ1) is 17.5. The van der Waals surface area contributed by atoms with E-state index in [0.29, 0.717) is 5.69 Å². The summed E-state index contributed by atoms with van der Waals surface area (Å²) in [7, 11) is -3.99. The summed E-state index contributed by atoms with van der Waals surface area (Å²) >= 11 is 1.49. The lowest BCUT2D eigenvalue weighted by Gasteiger charge is -2.09. The third-order valence-corrected chi connectivity index (χ3v) is 5.77. The predicted octanol–water partition coefficient (Wildman–Crippen LogP) is 2.09. The van der Waals surface area contributed by atoms with Gasteiger partial charge in [-0.25, -0.2) is 22.2 Å². The zero-order chi connectivity index (χ0) is 17.9. The van der Waals surface area contributed by atoms with Gasteiger partial charge in [-0.15, -0.1) is 11.3 Å². The van der Waals surface area contributed by atoms with E-state index in [9.17, 15) is 17.6 Å². The highest BCUT2D eigenvalue weighted by Crippen LogP contribution is 2.21. The largest absolute Gasteiger partial charge is 0.268 e. The number of benzene rings is 1. The molecule has 1 aromatic carbocycles. The van der Waals surface area contributed by atoms with E-state index < -0.39 is 20.7 Å². The van der Waals surface area contributed by atoms with Crippen LogP contribution in [0.25, 0.3) is 10.6 Å². The molecular formula is C16H14FN3O3S2. The van der Waals surface area contributed by atoms with Crippen LogP contribution in [0.3, 0.4) is 0 Å². The van der Waals surface area contributed by atoms with Crippen LogP contribution in [0.15, 0.2) is 63.6 Å². The van der Waals surface area contributed by atoms with Gasteiger partial charge in [0, 0.05) is 12.6 Å². The first-order chi connectivity index (χ1) is 12.0. The lowest BCUT2D eigenvalue weighted by molar-refractivity contribution is 0.538. The Hall–Kier alpha value is -2.36. The van der Waals surface area contributed by atoms with Gasteiger partial charge in [0.05, 0.1) is 11.4 Å². The molecule has 0 atom stereocenters. The Morgan fingerprint density at radius 3 is 2.64 bits per heavy atom. The van der Waals surface area contributed by atoms with Crippen molar-refractivity contribution >= 4 is 21.4 Å². The number of hydrogen-bond donors (Lipinski definition) is 1. The molecule has 3 aromatic rings. The summed E-state index contributed by atoms with van der Waals surface area (Å²) in [6, 6.07) is 11.9. The molecule has 0 unspecified atom stereocenters. The smallest absolute Gasteiger partial charge is 0.266 e. The average Bonchev–Trinajstić information content (AvgIpc) is 3.11. The van der Waals surface area contributed by atoms with Crippen LogP contribution in [0, 0.1) is 5.82 Å². The van der Waals surface area contributed by atoms with Crippen molar-refractivity contribution in [3.8, 4) is 10.6 Å². The molecule has 6 nitrogen and oxygen atoms in total. The maximum Gasteiger partial charge on any atom is 0.266 e. The molecule has 0 amide bonds. The number of aromatic nitrogens is 2. The summed E-state index contributed by atoms with van der Waals surface area (Å²) in [5, 5.41) is 6.13. The maximum atomic E-state index is 13.6. The molecule has 0 radical (unpaired) electrons. The van der Waals surface area contributed by atoms with Gasteiger partial charge in [-0.1, -0.05) is 18.2 Å². The van der Waals surface area contributed by atoms with Gasteiger partial charge in [-0.05, 0) is 29.6 Å². The van der Waals surface area contributed by atoms with Crippen LogP contribution in [0.5, 0.6) is 0 Å². The summed E-state index contributed by atoms with van der Waals surface area (Å²) in [5.74, 6) is -0.829. The van der Waals surface area contributed by atoms with Crippen LogP contribution < -0.4 is 10.3 Å². The number of thiophene rings is 1. The molecule has 3 rings (SSSR count). The van der Waals surface area contributed by atoms with Crippen molar-refractivity contribution in [2.45, 2.75) is 11.4 Å². The Labute approximate surface area is 147 Å². The van der Waals surface area contributed by atoms with Gasteiger partial charge >= 0.3 is 0 Å². The van der Waals surface area contributed by atoms with Gasteiger partial charge in [-0.3, -0.25) is 4.79 Å². The highest BCUT2D eigenvalue weighted by molar-refractivity contribution is 7.89. The maximum absolute atomic E-state index is 13.6. The zero-order valence-electron chi connectivity index (χ0n) is 12.9. The number of nitrogens with one attached hydrogen (secondary N) is 1. The van der Waals surface area contributed by atoms with Gasteiger partial charge in [-0.2, -0.15) is 5.10 Å². The van der Waals surface area contributed by atoms with Gasteiger partial charge < -0.3 is 0 Å². The Balaban J connectivity index is 1.73. The van der Waals surface area contributed by atoms with Crippen LogP contribution in [-0.4, -0.2) is 24.7 Å². The summed E-state index contributed by atoms with van der Waals surface area (Å²) in [6.45, 7) is -0.0524. The monoisotopic (exact) mass is 379 g/mol. The van der Waals surface area contributed by atoms with Crippen molar-refractivity contribution < 1.29 is 12.8 Å². The molecule has 1 N–H and O–H groups in total. The number of rotatable bonds is 6. The van der Waals surface area contributed by atoms with E-state index in [4.69, 9.17) is 0 Å². The van der Waals surface area contributed by atoms with Crippen molar-refractivity contribution in [2.24, 2.45) is 0 Å². The molecule has 0 aliphatic heterocycles. The van der Waals surface area contributed by atoms with Gasteiger partial charge in [0.25, 0.3) is 5.56 Å². The number of nitrogens with zero attached hydrogens (tertiary/aromatic N) is 2. The topological polar surface area (TPSA) is 81.1 Å². The van der Waals surface area contributed by atoms with E-state index >= 15 is 0 Å². The van der Waals surface area contributed by atoms with E-state index in [-0.39, 0.29) is 18.6 Å². The third-order valence-electron chi connectivity index (χ3n) is 3.38. The normalized spacial score (nSPS) is 11.6. The molecule has 9 heteroatoms. The zero-order valence-corrected chi connectivity index (χ0v) is 14.6. The Morgan fingerprint density at radius 2 is 1.92 bits per heavy atom. The Kier molecular flexibility index (Phi) is 5.07. The molecule has 0 saturated heterocycles. The fourth-order valence-corrected chi connectivity index (χ4v) is 3.98. The van der Waals surface area contributed by atoms with E-state index in [2.05, 4.69) is 9.82 Å². The molecule has 25 heavy (non-hydrogen) atoms. The number of sulfonamides is 1. The SMILES string of the molecule is O=c1ccc(-c2cccs2)nn1CCNS(=O)(=O)c1ccccc1F. The summed E-state index contributed by atoms with van der Waals surface area (Å²) < 4.78 is 41.3. The molecule has 0 aliphatic carbocycles. The van der Waals surface area contributed by atoms with Gasteiger partial charge in [0.1, 0.15) is 16.4 Å². The molecule has 0 spiro atoms. The molecule has 2 heterocycles. The van der Waals surface area contributed by atoms with Gasteiger partial charge in [0.2, 0.25) is 10.0 Å². The lowest BCUT2D eigenvalue weighted by Crippen LogP contribution is -2.32. The molecular weight excluding hydrogens is 365 g/mol. The fraction of sp³-hybridized carbons (Fsp3) is 0.125. The Bertz CT molecular complexity index is 1030. The second-order valence-corrected chi connectivity index (χ2v) is 7.77. The number of halogens is 1. The summed E-state index contributed by atoms with van der Waals surface area (Å²) in [6.07, 6.45) is 0. The summed E-state index contributed by atoms with van der Waals surface area (Å²) in [4.78, 5) is 12.4. The predicted molar refractivity (Wildman–Crippen MR) is 93.4 cm³/mol. The molecule has 0 fully saturated rings.